The first-order chi connectivity index (χ1) is 8.16. The summed E-state index contributed by atoms with van der Waals surface area (Å²) in [5.41, 5.74) is 3.68. The Hall–Kier alpha value is -0.820. The molecule has 0 aromatic heterocycles. The van der Waals surface area contributed by atoms with Crippen LogP contribution in [0.5, 0.6) is 0 Å². The molecule has 1 saturated carbocycles. The van der Waals surface area contributed by atoms with E-state index in [2.05, 4.69) is 32.0 Å². The molecule has 1 N–H and O–H groups in total. The average molecular weight is 232 g/mol. The molecule has 0 heterocycles. The van der Waals surface area contributed by atoms with Crippen LogP contribution in [0.1, 0.15) is 61.3 Å². The van der Waals surface area contributed by atoms with Gasteiger partial charge in [-0.1, -0.05) is 50.3 Å². The Labute approximate surface area is 105 Å². The van der Waals surface area contributed by atoms with E-state index in [1.54, 1.807) is 0 Å². The lowest BCUT2D eigenvalue weighted by Gasteiger charge is -2.24. The summed E-state index contributed by atoms with van der Waals surface area (Å²) in [6, 6.07) is 6.34. The van der Waals surface area contributed by atoms with Gasteiger partial charge >= 0.3 is 0 Å². The number of hydrogen-bond acceptors (Lipinski definition) is 1. The van der Waals surface area contributed by atoms with Gasteiger partial charge in [-0.2, -0.15) is 0 Å². The highest BCUT2D eigenvalue weighted by atomic mass is 16.3. The summed E-state index contributed by atoms with van der Waals surface area (Å²) >= 11 is 0. The van der Waals surface area contributed by atoms with E-state index in [-0.39, 0.29) is 6.10 Å². The van der Waals surface area contributed by atoms with E-state index in [9.17, 15) is 5.11 Å². The Bertz CT molecular complexity index is 364. The number of hydrogen-bond donors (Lipinski definition) is 1. The topological polar surface area (TPSA) is 20.2 Å². The van der Waals surface area contributed by atoms with Crippen LogP contribution in [0.2, 0.25) is 0 Å². The lowest BCUT2D eigenvalue weighted by molar-refractivity contribution is 0.131. The normalized spacial score (nSPS) is 19.2. The van der Waals surface area contributed by atoms with Crippen LogP contribution in [0, 0.1) is 19.8 Å². The van der Waals surface area contributed by atoms with Crippen molar-refractivity contribution < 1.29 is 5.11 Å². The molecule has 1 aliphatic carbocycles. The second kappa shape index (κ2) is 5.68. The first-order valence-corrected chi connectivity index (χ1v) is 6.92. The number of benzene rings is 1. The number of aliphatic hydroxyl groups excluding tert-OH is 1. The Balaban J connectivity index is 1.98. The summed E-state index contributed by atoms with van der Waals surface area (Å²) < 4.78 is 0. The van der Waals surface area contributed by atoms with E-state index in [1.165, 1.54) is 43.2 Å². The maximum atomic E-state index is 10.3. The van der Waals surface area contributed by atoms with Crippen molar-refractivity contribution in [2.24, 2.45) is 5.92 Å². The Morgan fingerprint density at radius 1 is 1.12 bits per heavy atom. The molecule has 94 valence electrons. The van der Waals surface area contributed by atoms with Crippen LogP contribution in [0.15, 0.2) is 18.2 Å². The van der Waals surface area contributed by atoms with E-state index < -0.39 is 0 Å². The molecule has 1 nitrogen and oxygen atoms in total. The third-order valence-corrected chi connectivity index (χ3v) is 4.20. The summed E-state index contributed by atoms with van der Waals surface area (Å²) in [5, 5.41) is 10.3. The molecule has 1 aromatic rings. The molecule has 1 atom stereocenters. The van der Waals surface area contributed by atoms with Gasteiger partial charge in [0.1, 0.15) is 0 Å². The molecular formula is C16H24O. The molecule has 1 aliphatic rings. The van der Waals surface area contributed by atoms with Crippen molar-refractivity contribution in [3.8, 4) is 0 Å². The van der Waals surface area contributed by atoms with E-state index >= 15 is 0 Å². The molecule has 1 unspecified atom stereocenters. The first kappa shape index (κ1) is 12.6. The minimum Gasteiger partial charge on any atom is -0.388 e. The molecule has 17 heavy (non-hydrogen) atoms. The molecular weight excluding hydrogens is 208 g/mol. The summed E-state index contributed by atoms with van der Waals surface area (Å²) in [6.45, 7) is 4.23. The lowest BCUT2D eigenvalue weighted by Crippen LogP contribution is -2.11. The highest BCUT2D eigenvalue weighted by molar-refractivity contribution is 5.31. The fourth-order valence-corrected chi connectivity index (χ4v) is 2.85. The Kier molecular flexibility index (Phi) is 4.22. The summed E-state index contributed by atoms with van der Waals surface area (Å²) in [6.07, 6.45) is 7.38. The van der Waals surface area contributed by atoms with Gasteiger partial charge < -0.3 is 5.11 Å². The van der Waals surface area contributed by atoms with Crippen LogP contribution < -0.4 is 0 Å². The second-order valence-corrected chi connectivity index (χ2v) is 5.60. The fraction of sp³-hybridized carbons (Fsp3) is 0.625. The van der Waals surface area contributed by atoms with Crippen LogP contribution in [0.25, 0.3) is 0 Å². The van der Waals surface area contributed by atoms with Gasteiger partial charge in [-0.15, -0.1) is 0 Å². The number of aryl methyl sites for hydroxylation is 2. The predicted octanol–water partition coefficient (Wildman–Crippen LogP) is 4.31. The van der Waals surface area contributed by atoms with E-state index in [1.807, 2.05) is 0 Å². The SMILES string of the molecule is Cc1ccc(C(O)CC2CCCCC2)cc1C. The quantitative estimate of drug-likeness (QED) is 0.823. The van der Waals surface area contributed by atoms with Crippen molar-refractivity contribution in [2.75, 3.05) is 0 Å². The van der Waals surface area contributed by atoms with Crippen LogP contribution in [0.3, 0.4) is 0 Å². The van der Waals surface area contributed by atoms with Crippen molar-refractivity contribution in [1.82, 2.24) is 0 Å². The number of aliphatic hydroxyl groups is 1. The zero-order valence-electron chi connectivity index (χ0n) is 11.1. The van der Waals surface area contributed by atoms with Crippen molar-refractivity contribution in [3.05, 3.63) is 34.9 Å². The van der Waals surface area contributed by atoms with Crippen LogP contribution >= 0.6 is 0 Å². The lowest BCUT2D eigenvalue weighted by atomic mass is 9.84. The minimum absolute atomic E-state index is 0.266. The molecule has 1 aromatic carbocycles. The molecule has 0 spiro atoms. The van der Waals surface area contributed by atoms with Gasteiger partial charge in [0.05, 0.1) is 6.10 Å². The molecule has 1 heteroatoms. The third-order valence-electron chi connectivity index (χ3n) is 4.20. The maximum absolute atomic E-state index is 10.3. The van der Waals surface area contributed by atoms with Crippen molar-refractivity contribution in [3.63, 3.8) is 0 Å². The largest absolute Gasteiger partial charge is 0.388 e. The monoisotopic (exact) mass is 232 g/mol. The third kappa shape index (κ3) is 3.32. The van der Waals surface area contributed by atoms with Gasteiger partial charge in [0.25, 0.3) is 0 Å². The van der Waals surface area contributed by atoms with Gasteiger partial charge in [0.2, 0.25) is 0 Å². The summed E-state index contributed by atoms with van der Waals surface area (Å²) in [7, 11) is 0. The van der Waals surface area contributed by atoms with E-state index in [0.29, 0.717) is 0 Å². The van der Waals surface area contributed by atoms with Crippen molar-refractivity contribution >= 4 is 0 Å². The van der Waals surface area contributed by atoms with Crippen molar-refractivity contribution in [2.45, 2.75) is 58.5 Å². The second-order valence-electron chi connectivity index (χ2n) is 5.60. The molecule has 1 fully saturated rings. The number of rotatable bonds is 3. The molecule has 0 saturated heterocycles. The molecule has 0 bridgehead atoms. The Morgan fingerprint density at radius 2 is 1.82 bits per heavy atom. The highest BCUT2D eigenvalue weighted by Gasteiger charge is 2.18. The van der Waals surface area contributed by atoms with E-state index in [0.717, 1.165) is 17.9 Å². The molecule has 0 radical (unpaired) electrons. The van der Waals surface area contributed by atoms with Gasteiger partial charge in [0, 0.05) is 0 Å². The van der Waals surface area contributed by atoms with Gasteiger partial charge in [0.15, 0.2) is 0 Å². The Morgan fingerprint density at radius 3 is 2.47 bits per heavy atom. The van der Waals surface area contributed by atoms with Crippen LogP contribution in [-0.2, 0) is 0 Å². The highest BCUT2D eigenvalue weighted by Crippen LogP contribution is 2.32. The summed E-state index contributed by atoms with van der Waals surface area (Å²) in [5.74, 6) is 0.736. The first-order valence-electron chi connectivity index (χ1n) is 6.92. The average Bonchev–Trinajstić information content (AvgIpc) is 2.34. The van der Waals surface area contributed by atoms with E-state index in [4.69, 9.17) is 0 Å². The zero-order chi connectivity index (χ0) is 12.3. The van der Waals surface area contributed by atoms with Gasteiger partial charge in [-0.25, -0.2) is 0 Å². The fourth-order valence-electron chi connectivity index (χ4n) is 2.85. The molecule has 2 rings (SSSR count). The molecule has 0 aliphatic heterocycles. The minimum atomic E-state index is -0.266. The van der Waals surface area contributed by atoms with Gasteiger partial charge in [-0.3, -0.25) is 0 Å². The van der Waals surface area contributed by atoms with Crippen LogP contribution in [0.4, 0.5) is 0 Å². The van der Waals surface area contributed by atoms with Gasteiger partial charge in [-0.05, 0) is 42.9 Å². The summed E-state index contributed by atoms with van der Waals surface area (Å²) in [4.78, 5) is 0. The standard InChI is InChI=1S/C16H24O/c1-12-8-9-15(10-13(12)2)16(17)11-14-6-4-3-5-7-14/h8-10,14,16-17H,3-7,11H2,1-2H3. The maximum Gasteiger partial charge on any atom is 0.0792 e. The van der Waals surface area contributed by atoms with Crippen molar-refractivity contribution in [1.29, 1.82) is 0 Å². The molecule has 0 amide bonds. The van der Waals surface area contributed by atoms with Crippen LogP contribution in [-0.4, -0.2) is 5.11 Å². The zero-order valence-corrected chi connectivity index (χ0v) is 11.1. The predicted molar refractivity (Wildman–Crippen MR) is 72.1 cm³/mol. The smallest absolute Gasteiger partial charge is 0.0792 e.